The van der Waals surface area contributed by atoms with E-state index in [1.54, 1.807) is 0 Å². The molecule has 47 heavy (non-hydrogen) atoms. The van der Waals surface area contributed by atoms with Gasteiger partial charge >= 0.3 is 11.9 Å². The molecule has 0 radical (unpaired) electrons. The number of aliphatic hydroxyl groups excluding tert-OH is 5. The number of carboxylic acids is 2. The molecule has 11 nitrogen and oxygen atoms in total. The van der Waals surface area contributed by atoms with Crippen LogP contribution in [0.3, 0.4) is 0 Å². The van der Waals surface area contributed by atoms with Gasteiger partial charge in [0.15, 0.2) is 12.4 Å². The van der Waals surface area contributed by atoms with Gasteiger partial charge in [-0.15, -0.1) is 0 Å². The third kappa shape index (κ3) is 4.62. The van der Waals surface area contributed by atoms with E-state index in [0.29, 0.717) is 25.2 Å². The van der Waals surface area contributed by atoms with Crippen molar-refractivity contribution in [3.8, 4) is 0 Å². The summed E-state index contributed by atoms with van der Waals surface area (Å²) in [7, 11) is 0. The van der Waals surface area contributed by atoms with Crippen molar-refractivity contribution in [2.24, 2.45) is 56.7 Å². The van der Waals surface area contributed by atoms with Gasteiger partial charge in [0.25, 0.3) is 0 Å². The number of carbonyl (C=O) groups is 2. The molecular weight excluding hydrogens is 608 g/mol. The SMILES string of the molecule is C[C@H]1[C@H](C)CC[C@]2(C(=O)O)CC[C@]3(C)C(=CC[C@@H]4[C@@]5(C)C[C@@H](O)[C@H](O[C@@H]6O[C@H](C(=O)O)[C@@H](O)[C@H](O)[C@H]6O)[C@@](C)(CO)[C@@H]5CC[C@]43C)[C@H]12. The molecule has 7 N–H and O–H groups in total. The molecular formula is C36H56O11. The van der Waals surface area contributed by atoms with Gasteiger partial charge in [-0.05, 0) is 97.2 Å². The third-order valence-electron chi connectivity index (χ3n) is 15.6. The molecule has 4 saturated carbocycles. The van der Waals surface area contributed by atoms with Gasteiger partial charge in [-0.3, -0.25) is 4.79 Å². The van der Waals surface area contributed by atoms with Crippen LogP contribution in [-0.2, 0) is 19.1 Å². The molecule has 0 unspecified atom stereocenters. The van der Waals surface area contributed by atoms with Crippen molar-refractivity contribution in [3.05, 3.63) is 11.6 Å². The molecule has 1 heterocycles. The minimum absolute atomic E-state index is 0.0198. The second-order valence-electron chi connectivity index (χ2n) is 17.3. The Kier molecular flexibility index (Phi) is 8.60. The number of aliphatic hydroxyl groups is 5. The van der Waals surface area contributed by atoms with E-state index in [4.69, 9.17) is 9.47 Å². The molecule has 6 rings (SSSR count). The van der Waals surface area contributed by atoms with E-state index in [1.165, 1.54) is 5.57 Å². The zero-order valence-corrected chi connectivity index (χ0v) is 28.6. The van der Waals surface area contributed by atoms with Gasteiger partial charge < -0.3 is 45.2 Å². The fourth-order valence-corrected chi connectivity index (χ4v) is 12.5. The Morgan fingerprint density at radius 1 is 0.915 bits per heavy atom. The molecule has 1 saturated heterocycles. The Balaban J connectivity index is 1.35. The van der Waals surface area contributed by atoms with E-state index in [9.17, 15) is 45.3 Å². The van der Waals surface area contributed by atoms with Crippen molar-refractivity contribution >= 4 is 11.9 Å². The minimum Gasteiger partial charge on any atom is -0.481 e. The highest BCUT2D eigenvalue weighted by Crippen LogP contribution is 2.76. The Hall–Kier alpha value is -1.60. The van der Waals surface area contributed by atoms with Gasteiger partial charge in [0, 0.05) is 5.41 Å². The third-order valence-corrected chi connectivity index (χ3v) is 15.6. The zero-order valence-electron chi connectivity index (χ0n) is 28.6. The van der Waals surface area contributed by atoms with Crippen molar-refractivity contribution in [1.29, 1.82) is 0 Å². The van der Waals surface area contributed by atoms with Crippen molar-refractivity contribution in [3.63, 3.8) is 0 Å². The van der Waals surface area contributed by atoms with Gasteiger partial charge in [0.1, 0.15) is 18.3 Å². The van der Waals surface area contributed by atoms with Crippen molar-refractivity contribution in [2.45, 2.75) is 136 Å². The van der Waals surface area contributed by atoms with E-state index >= 15 is 0 Å². The van der Waals surface area contributed by atoms with E-state index in [2.05, 4.69) is 40.7 Å². The summed E-state index contributed by atoms with van der Waals surface area (Å²) in [5.41, 5.74) is -1.29. The molecule has 0 aromatic carbocycles. The molecule has 0 aromatic heterocycles. The van der Waals surface area contributed by atoms with E-state index in [0.717, 1.165) is 32.1 Å². The molecule has 0 amide bonds. The number of carboxylic acid groups (broad SMARTS) is 2. The number of rotatable bonds is 5. The lowest BCUT2D eigenvalue weighted by atomic mass is 9.33. The average molecular weight is 665 g/mol. The fraction of sp³-hybridized carbons (Fsp3) is 0.889. The van der Waals surface area contributed by atoms with Crippen LogP contribution in [0.5, 0.6) is 0 Å². The van der Waals surface area contributed by atoms with Crippen LogP contribution in [0, 0.1) is 56.7 Å². The summed E-state index contributed by atoms with van der Waals surface area (Å²) in [5, 5.41) is 74.4. The van der Waals surface area contributed by atoms with Gasteiger partial charge in [-0.25, -0.2) is 4.79 Å². The highest BCUT2D eigenvalue weighted by atomic mass is 16.7. The first-order chi connectivity index (χ1) is 21.8. The van der Waals surface area contributed by atoms with Crippen LogP contribution in [0.2, 0.25) is 0 Å². The number of allylic oxidation sites excluding steroid dienone is 2. The lowest BCUT2D eigenvalue weighted by Crippen LogP contribution is -2.69. The van der Waals surface area contributed by atoms with Crippen LogP contribution < -0.4 is 0 Å². The molecule has 1 aliphatic heterocycles. The average Bonchev–Trinajstić information content (AvgIpc) is 3.00. The summed E-state index contributed by atoms with van der Waals surface area (Å²) in [4.78, 5) is 24.7. The Morgan fingerprint density at radius 2 is 1.60 bits per heavy atom. The van der Waals surface area contributed by atoms with Crippen LogP contribution in [0.15, 0.2) is 11.6 Å². The molecule has 5 aliphatic carbocycles. The van der Waals surface area contributed by atoms with Crippen molar-refractivity contribution < 1.29 is 54.8 Å². The highest BCUT2D eigenvalue weighted by Gasteiger charge is 2.71. The Labute approximate surface area is 277 Å². The van der Waals surface area contributed by atoms with E-state index in [-0.39, 0.29) is 41.1 Å². The summed E-state index contributed by atoms with van der Waals surface area (Å²) in [5.74, 6) is -1.52. The Bertz CT molecular complexity index is 1300. The Morgan fingerprint density at radius 3 is 2.21 bits per heavy atom. The second kappa shape index (κ2) is 11.5. The topological polar surface area (TPSA) is 194 Å². The number of ether oxygens (including phenoxy) is 2. The van der Waals surface area contributed by atoms with Gasteiger partial charge in [-0.1, -0.05) is 53.2 Å². The quantitative estimate of drug-likeness (QED) is 0.169. The van der Waals surface area contributed by atoms with Gasteiger partial charge in [0.2, 0.25) is 0 Å². The molecule has 0 aromatic rings. The van der Waals surface area contributed by atoms with Crippen molar-refractivity contribution in [1.82, 2.24) is 0 Å². The summed E-state index contributed by atoms with van der Waals surface area (Å²) in [6, 6.07) is 0. The molecule has 11 heteroatoms. The lowest BCUT2D eigenvalue weighted by molar-refractivity contribution is -0.340. The lowest BCUT2D eigenvalue weighted by Gasteiger charge is -2.72. The maximum atomic E-state index is 13.0. The van der Waals surface area contributed by atoms with Crippen LogP contribution in [0.25, 0.3) is 0 Å². The molecule has 17 atom stereocenters. The maximum Gasteiger partial charge on any atom is 0.335 e. The summed E-state index contributed by atoms with van der Waals surface area (Å²) in [6.45, 7) is 12.9. The normalized spacial score (nSPS) is 55.9. The van der Waals surface area contributed by atoms with Gasteiger partial charge in [0.05, 0.1) is 24.2 Å². The van der Waals surface area contributed by atoms with E-state index < -0.39 is 71.1 Å². The first-order valence-corrected chi connectivity index (χ1v) is 17.6. The smallest absolute Gasteiger partial charge is 0.335 e. The fourth-order valence-electron chi connectivity index (χ4n) is 12.5. The zero-order chi connectivity index (χ0) is 34.6. The standard InChI is InChI=1S/C36H56O11/c1-17-9-12-36(31(44)45)14-13-34(5)19(23(36)18(17)2)7-8-22-32(3)15-20(38)28(33(4,16-37)21(32)10-11-35(22,34)6)47-30-26(41)24(39)25(40)27(46-30)29(42)43/h7,17-18,20-28,30,37-41H,8-16H2,1-6H3,(H,42,43)(H,44,45)/t17-,18+,20-,21-,22-,23+,24+,25+,26-,27+,28+,30+,32+,33+,34-,35-,36+/m1/s1. The largest absolute Gasteiger partial charge is 0.481 e. The molecule has 5 fully saturated rings. The first-order valence-electron chi connectivity index (χ1n) is 17.6. The van der Waals surface area contributed by atoms with E-state index in [1.807, 2.05) is 6.92 Å². The highest BCUT2D eigenvalue weighted by molar-refractivity contribution is 5.76. The predicted octanol–water partition coefficient (Wildman–Crippen LogP) is 2.95. The van der Waals surface area contributed by atoms with Crippen LogP contribution in [0.1, 0.15) is 92.9 Å². The number of fused-ring (bicyclic) bond motifs is 7. The second-order valence-corrected chi connectivity index (χ2v) is 17.3. The van der Waals surface area contributed by atoms with Gasteiger partial charge in [-0.2, -0.15) is 0 Å². The summed E-state index contributed by atoms with van der Waals surface area (Å²) < 4.78 is 11.6. The monoisotopic (exact) mass is 664 g/mol. The molecule has 6 aliphatic rings. The number of aliphatic carboxylic acids is 2. The van der Waals surface area contributed by atoms with Crippen molar-refractivity contribution in [2.75, 3.05) is 6.61 Å². The summed E-state index contributed by atoms with van der Waals surface area (Å²) >= 11 is 0. The molecule has 0 spiro atoms. The first kappa shape index (κ1) is 35.2. The predicted molar refractivity (Wildman–Crippen MR) is 169 cm³/mol. The molecule has 0 bridgehead atoms. The number of hydrogen-bond donors (Lipinski definition) is 7. The van der Waals surface area contributed by atoms with Crippen LogP contribution >= 0.6 is 0 Å². The number of hydrogen-bond acceptors (Lipinski definition) is 9. The minimum atomic E-state index is -1.87. The molecule has 266 valence electrons. The maximum absolute atomic E-state index is 13.0. The van der Waals surface area contributed by atoms with Crippen LogP contribution in [-0.4, -0.2) is 97.2 Å². The van der Waals surface area contributed by atoms with Crippen LogP contribution in [0.4, 0.5) is 0 Å². The summed E-state index contributed by atoms with van der Waals surface area (Å²) in [6.07, 6.45) is -3.05.